The SMILES string of the molecule is O=C(O)CN(C/C=C/c1ccccc1)C1CCCC1. The predicted octanol–water partition coefficient (Wildman–Crippen LogP) is 3.03. The Labute approximate surface area is 114 Å². The zero-order valence-electron chi connectivity index (χ0n) is 11.2. The van der Waals surface area contributed by atoms with Gasteiger partial charge in [-0.1, -0.05) is 55.3 Å². The van der Waals surface area contributed by atoms with Crippen LogP contribution in [0.1, 0.15) is 31.2 Å². The molecule has 0 radical (unpaired) electrons. The molecule has 0 amide bonds. The highest BCUT2D eigenvalue weighted by molar-refractivity contribution is 5.69. The highest BCUT2D eigenvalue weighted by atomic mass is 16.4. The number of carboxylic acids is 1. The van der Waals surface area contributed by atoms with Crippen molar-refractivity contribution < 1.29 is 9.90 Å². The molecule has 0 aromatic heterocycles. The first-order valence-electron chi connectivity index (χ1n) is 6.93. The Kier molecular flexibility index (Phi) is 5.16. The lowest BCUT2D eigenvalue weighted by atomic mass is 10.2. The number of carboxylic acid groups (broad SMARTS) is 1. The zero-order valence-corrected chi connectivity index (χ0v) is 11.2. The van der Waals surface area contributed by atoms with E-state index in [1.807, 2.05) is 30.3 Å². The van der Waals surface area contributed by atoms with Gasteiger partial charge in [-0.05, 0) is 18.4 Å². The maximum Gasteiger partial charge on any atom is 0.317 e. The lowest BCUT2D eigenvalue weighted by Crippen LogP contribution is -2.37. The average Bonchev–Trinajstić information content (AvgIpc) is 2.92. The molecule has 3 heteroatoms. The molecule has 1 aliphatic carbocycles. The fraction of sp³-hybridized carbons (Fsp3) is 0.438. The lowest BCUT2D eigenvalue weighted by Gasteiger charge is -2.25. The normalized spacial score (nSPS) is 16.5. The monoisotopic (exact) mass is 259 g/mol. The van der Waals surface area contributed by atoms with Crippen LogP contribution in [0.4, 0.5) is 0 Å². The summed E-state index contributed by atoms with van der Waals surface area (Å²) in [6.45, 7) is 0.857. The number of carbonyl (C=O) groups is 1. The number of hydrogen-bond acceptors (Lipinski definition) is 2. The van der Waals surface area contributed by atoms with Crippen LogP contribution in [0.15, 0.2) is 36.4 Å². The van der Waals surface area contributed by atoms with Crippen LogP contribution in [0.3, 0.4) is 0 Å². The Bertz CT molecular complexity index is 422. The number of hydrogen-bond donors (Lipinski definition) is 1. The summed E-state index contributed by atoms with van der Waals surface area (Å²) in [6, 6.07) is 10.5. The quantitative estimate of drug-likeness (QED) is 0.853. The van der Waals surface area contributed by atoms with Gasteiger partial charge in [0.1, 0.15) is 0 Å². The number of rotatable bonds is 6. The molecule has 1 aromatic carbocycles. The third kappa shape index (κ3) is 4.52. The summed E-state index contributed by atoms with van der Waals surface area (Å²) < 4.78 is 0. The highest BCUT2D eigenvalue weighted by Gasteiger charge is 2.23. The molecule has 102 valence electrons. The van der Waals surface area contributed by atoms with E-state index in [1.54, 1.807) is 0 Å². The van der Waals surface area contributed by atoms with Crippen molar-refractivity contribution in [2.75, 3.05) is 13.1 Å². The summed E-state index contributed by atoms with van der Waals surface area (Å²) in [4.78, 5) is 13.0. The second kappa shape index (κ2) is 7.10. The minimum atomic E-state index is -0.736. The first-order chi connectivity index (χ1) is 9.25. The second-order valence-corrected chi connectivity index (χ2v) is 5.07. The standard InChI is InChI=1S/C16H21NO2/c18-16(19)13-17(15-10-4-5-11-15)12-6-9-14-7-2-1-3-8-14/h1-3,6-9,15H,4-5,10-13H2,(H,18,19)/b9-6+. The minimum absolute atomic E-state index is 0.143. The van der Waals surface area contributed by atoms with Gasteiger partial charge in [0, 0.05) is 12.6 Å². The molecular weight excluding hydrogens is 238 g/mol. The summed E-state index contributed by atoms with van der Waals surface area (Å²) in [5, 5.41) is 8.99. The van der Waals surface area contributed by atoms with Crippen LogP contribution < -0.4 is 0 Å². The van der Waals surface area contributed by atoms with E-state index in [0.717, 1.165) is 18.4 Å². The van der Waals surface area contributed by atoms with E-state index in [4.69, 9.17) is 5.11 Å². The molecule has 0 atom stereocenters. The van der Waals surface area contributed by atoms with Crippen LogP contribution in [0.5, 0.6) is 0 Å². The van der Waals surface area contributed by atoms with Crippen molar-refractivity contribution in [2.45, 2.75) is 31.7 Å². The third-order valence-corrected chi connectivity index (χ3v) is 3.63. The molecule has 0 saturated heterocycles. The molecule has 0 bridgehead atoms. The molecule has 2 rings (SSSR count). The maximum absolute atomic E-state index is 10.9. The van der Waals surface area contributed by atoms with E-state index in [1.165, 1.54) is 12.8 Å². The molecule has 0 unspecified atom stereocenters. The number of nitrogens with zero attached hydrogens (tertiary/aromatic N) is 1. The van der Waals surface area contributed by atoms with Gasteiger partial charge in [0.15, 0.2) is 0 Å². The van der Waals surface area contributed by atoms with Crippen LogP contribution in [0.25, 0.3) is 6.08 Å². The molecule has 19 heavy (non-hydrogen) atoms. The first-order valence-corrected chi connectivity index (χ1v) is 6.93. The van der Waals surface area contributed by atoms with Gasteiger partial charge in [0.2, 0.25) is 0 Å². The summed E-state index contributed by atoms with van der Waals surface area (Å²) >= 11 is 0. The van der Waals surface area contributed by atoms with E-state index in [0.29, 0.717) is 12.6 Å². The van der Waals surface area contributed by atoms with Gasteiger partial charge >= 0.3 is 5.97 Å². The van der Waals surface area contributed by atoms with Crippen molar-refractivity contribution in [2.24, 2.45) is 0 Å². The van der Waals surface area contributed by atoms with Gasteiger partial charge in [-0.25, -0.2) is 0 Å². The smallest absolute Gasteiger partial charge is 0.317 e. The van der Waals surface area contributed by atoms with E-state index < -0.39 is 5.97 Å². The van der Waals surface area contributed by atoms with Crippen molar-refractivity contribution >= 4 is 12.0 Å². The molecule has 1 aromatic rings. The molecular formula is C16H21NO2. The molecule has 0 heterocycles. The Hall–Kier alpha value is -1.61. The van der Waals surface area contributed by atoms with Gasteiger partial charge in [0.25, 0.3) is 0 Å². The predicted molar refractivity (Wildman–Crippen MR) is 76.9 cm³/mol. The maximum atomic E-state index is 10.9. The van der Waals surface area contributed by atoms with Gasteiger partial charge < -0.3 is 5.11 Å². The number of benzene rings is 1. The van der Waals surface area contributed by atoms with Crippen molar-refractivity contribution in [1.82, 2.24) is 4.90 Å². The average molecular weight is 259 g/mol. The minimum Gasteiger partial charge on any atom is -0.480 e. The highest BCUT2D eigenvalue weighted by Crippen LogP contribution is 2.23. The Morgan fingerprint density at radius 2 is 1.95 bits per heavy atom. The Balaban J connectivity index is 1.92. The molecule has 0 spiro atoms. The van der Waals surface area contributed by atoms with Crippen LogP contribution in [-0.2, 0) is 4.79 Å². The van der Waals surface area contributed by atoms with Gasteiger partial charge in [-0.2, -0.15) is 0 Å². The summed E-state index contributed by atoms with van der Waals surface area (Å²) in [5.41, 5.74) is 1.16. The van der Waals surface area contributed by atoms with E-state index in [2.05, 4.69) is 17.1 Å². The van der Waals surface area contributed by atoms with Gasteiger partial charge in [-0.15, -0.1) is 0 Å². The van der Waals surface area contributed by atoms with Crippen molar-refractivity contribution in [3.8, 4) is 0 Å². The molecule has 0 aliphatic heterocycles. The third-order valence-electron chi connectivity index (χ3n) is 3.63. The zero-order chi connectivity index (χ0) is 13.5. The van der Waals surface area contributed by atoms with Crippen molar-refractivity contribution in [3.63, 3.8) is 0 Å². The summed E-state index contributed by atoms with van der Waals surface area (Å²) in [7, 11) is 0. The topological polar surface area (TPSA) is 40.5 Å². The van der Waals surface area contributed by atoms with E-state index in [9.17, 15) is 4.79 Å². The fourth-order valence-corrected chi connectivity index (χ4v) is 2.67. The molecule has 1 fully saturated rings. The van der Waals surface area contributed by atoms with Gasteiger partial charge in [0.05, 0.1) is 6.54 Å². The van der Waals surface area contributed by atoms with Crippen LogP contribution >= 0.6 is 0 Å². The fourth-order valence-electron chi connectivity index (χ4n) is 2.67. The van der Waals surface area contributed by atoms with E-state index in [-0.39, 0.29) is 6.54 Å². The second-order valence-electron chi connectivity index (χ2n) is 5.07. The lowest BCUT2D eigenvalue weighted by molar-refractivity contribution is -0.138. The Morgan fingerprint density at radius 1 is 1.26 bits per heavy atom. The Morgan fingerprint density at radius 3 is 2.58 bits per heavy atom. The van der Waals surface area contributed by atoms with Crippen LogP contribution in [0.2, 0.25) is 0 Å². The number of aliphatic carboxylic acids is 1. The summed E-state index contributed by atoms with van der Waals surface area (Å²) in [5.74, 6) is -0.736. The molecule has 1 N–H and O–H groups in total. The molecule has 3 nitrogen and oxygen atoms in total. The van der Waals surface area contributed by atoms with Crippen molar-refractivity contribution in [3.05, 3.63) is 42.0 Å². The van der Waals surface area contributed by atoms with Crippen LogP contribution in [-0.4, -0.2) is 35.1 Å². The van der Waals surface area contributed by atoms with E-state index >= 15 is 0 Å². The first kappa shape index (κ1) is 13.8. The van der Waals surface area contributed by atoms with Crippen molar-refractivity contribution in [1.29, 1.82) is 0 Å². The largest absolute Gasteiger partial charge is 0.480 e. The van der Waals surface area contributed by atoms with Crippen LogP contribution in [0, 0.1) is 0 Å². The molecule has 1 saturated carbocycles. The molecule has 1 aliphatic rings. The summed E-state index contributed by atoms with van der Waals surface area (Å²) in [6.07, 6.45) is 8.84. The van der Waals surface area contributed by atoms with Gasteiger partial charge in [-0.3, -0.25) is 9.69 Å².